The van der Waals surface area contributed by atoms with E-state index in [1.54, 1.807) is 6.07 Å². The van der Waals surface area contributed by atoms with Crippen LogP contribution >= 0.6 is 11.6 Å². The molecule has 0 saturated carbocycles. The molecule has 0 unspecified atom stereocenters. The van der Waals surface area contributed by atoms with Crippen LogP contribution in [0.15, 0.2) is 36.4 Å². The molecule has 0 bridgehead atoms. The summed E-state index contributed by atoms with van der Waals surface area (Å²) in [5, 5.41) is 3.67. The van der Waals surface area contributed by atoms with Gasteiger partial charge in [0, 0.05) is 42.7 Å². The molecule has 110 valence electrons. The summed E-state index contributed by atoms with van der Waals surface area (Å²) in [6.45, 7) is 4.04. The van der Waals surface area contributed by atoms with Crippen molar-refractivity contribution in [3.8, 4) is 11.5 Å². The van der Waals surface area contributed by atoms with Crippen LogP contribution in [-0.4, -0.2) is 5.79 Å². The summed E-state index contributed by atoms with van der Waals surface area (Å²) in [5.41, 5.74) is 1.34. The molecule has 2 aromatic rings. The zero-order chi connectivity index (χ0) is 15.0. The maximum absolute atomic E-state index is 13.7. The maximum Gasteiger partial charge on any atom is 0.246 e. The van der Waals surface area contributed by atoms with Gasteiger partial charge in [-0.15, -0.1) is 0 Å². The highest BCUT2D eigenvalue weighted by Gasteiger charge is 2.31. The summed E-state index contributed by atoms with van der Waals surface area (Å²) in [6.07, 6.45) is 0. The number of benzene rings is 2. The third-order valence-electron chi connectivity index (χ3n) is 3.15. The summed E-state index contributed by atoms with van der Waals surface area (Å²) in [7, 11) is 0. The third-order valence-corrected chi connectivity index (χ3v) is 3.38. The Bertz CT molecular complexity index is 688. The lowest BCUT2D eigenvalue weighted by atomic mass is 10.2. The van der Waals surface area contributed by atoms with Crippen LogP contribution in [0.2, 0.25) is 5.02 Å². The van der Waals surface area contributed by atoms with E-state index in [2.05, 4.69) is 5.32 Å². The third kappa shape index (κ3) is 3.05. The van der Waals surface area contributed by atoms with Crippen LogP contribution in [0.3, 0.4) is 0 Å². The molecule has 5 heteroatoms. The van der Waals surface area contributed by atoms with Crippen LogP contribution in [0.25, 0.3) is 0 Å². The lowest BCUT2D eigenvalue weighted by molar-refractivity contribution is -0.0431. The Kier molecular flexibility index (Phi) is 3.41. The van der Waals surface area contributed by atoms with E-state index in [0.29, 0.717) is 28.6 Å². The van der Waals surface area contributed by atoms with Gasteiger partial charge in [0.05, 0.1) is 0 Å². The SMILES string of the molecule is CC1(C)Oc2ccc(NCc3cc(Cl)ccc3F)cc2O1. The van der Waals surface area contributed by atoms with Gasteiger partial charge in [-0.25, -0.2) is 4.39 Å². The molecule has 1 aliphatic rings. The van der Waals surface area contributed by atoms with E-state index in [4.69, 9.17) is 21.1 Å². The Labute approximate surface area is 127 Å². The van der Waals surface area contributed by atoms with Crippen molar-refractivity contribution in [1.82, 2.24) is 0 Å². The minimum atomic E-state index is -0.653. The van der Waals surface area contributed by atoms with E-state index in [-0.39, 0.29) is 5.82 Å². The largest absolute Gasteiger partial charge is 0.449 e. The number of rotatable bonds is 3. The first kappa shape index (κ1) is 14.0. The molecule has 1 heterocycles. The number of hydrogen-bond acceptors (Lipinski definition) is 3. The fourth-order valence-corrected chi connectivity index (χ4v) is 2.40. The molecule has 0 aromatic heterocycles. The summed E-state index contributed by atoms with van der Waals surface area (Å²) in [4.78, 5) is 0. The second kappa shape index (κ2) is 5.11. The predicted molar refractivity (Wildman–Crippen MR) is 80.5 cm³/mol. The Morgan fingerprint density at radius 3 is 2.67 bits per heavy atom. The fraction of sp³-hybridized carbons (Fsp3) is 0.250. The molecule has 0 aliphatic carbocycles. The normalized spacial score (nSPS) is 15.0. The van der Waals surface area contributed by atoms with E-state index >= 15 is 0 Å². The van der Waals surface area contributed by atoms with Gasteiger partial charge in [-0.1, -0.05) is 11.6 Å². The Hall–Kier alpha value is -1.94. The van der Waals surface area contributed by atoms with Crippen molar-refractivity contribution >= 4 is 17.3 Å². The number of nitrogens with one attached hydrogen (secondary N) is 1. The van der Waals surface area contributed by atoms with E-state index in [1.165, 1.54) is 12.1 Å². The molecule has 0 saturated heterocycles. The van der Waals surface area contributed by atoms with Gasteiger partial charge in [0.25, 0.3) is 0 Å². The second-order valence-electron chi connectivity index (χ2n) is 5.35. The van der Waals surface area contributed by atoms with Crippen LogP contribution in [0.5, 0.6) is 11.5 Å². The minimum absolute atomic E-state index is 0.284. The molecule has 0 fully saturated rings. The molecule has 0 radical (unpaired) electrons. The second-order valence-corrected chi connectivity index (χ2v) is 5.79. The summed E-state index contributed by atoms with van der Waals surface area (Å²) < 4.78 is 24.9. The molecule has 21 heavy (non-hydrogen) atoms. The van der Waals surface area contributed by atoms with Crippen molar-refractivity contribution in [2.24, 2.45) is 0 Å². The van der Waals surface area contributed by atoms with Gasteiger partial charge in [0.1, 0.15) is 5.82 Å². The maximum atomic E-state index is 13.7. The van der Waals surface area contributed by atoms with Gasteiger partial charge in [-0.2, -0.15) is 0 Å². The molecule has 3 rings (SSSR count). The topological polar surface area (TPSA) is 30.5 Å². The summed E-state index contributed by atoms with van der Waals surface area (Å²) in [6, 6.07) is 10.0. The quantitative estimate of drug-likeness (QED) is 0.899. The van der Waals surface area contributed by atoms with E-state index in [1.807, 2.05) is 32.0 Å². The summed E-state index contributed by atoms with van der Waals surface area (Å²) in [5.74, 6) is 0.449. The highest BCUT2D eigenvalue weighted by molar-refractivity contribution is 6.30. The van der Waals surface area contributed by atoms with Gasteiger partial charge >= 0.3 is 0 Å². The molecular formula is C16H15ClFNO2. The van der Waals surface area contributed by atoms with Crippen LogP contribution in [0.1, 0.15) is 19.4 Å². The Morgan fingerprint density at radius 2 is 1.86 bits per heavy atom. The number of anilines is 1. The van der Waals surface area contributed by atoms with E-state index < -0.39 is 5.79 Å². The van der Waals surface area contributed by atoms with Crippen molar-refractivity contribution in [3.05, 3.63) is 52.8 Å². The molecule has 0 spiro atoms. The Morgan fingerprint density at radius 1 is 1.10 bits per heavy atom. The van der Waals surface area contributed by atoms with Gasteiger partial charge in [0.15, 0.2) is 11.5 Å². The monoisotopic (exact) mass is 307 g/mol. The molecular weight excluding hydrogens is 293 g/mol. The van der Waals surface area contributed by atoms with Gasteiger partial charge in [-0.3, -0.25) is 0 Å². The van der Waals surface area contributed by atoms with Crippen LogP contribution in [0.4, 0.5) is 10.1 Å². The van der Waals surface area contributed by atoms with E-state index in [0.717, 1.165) is 5.69 Å². The van der Waals surface area contributed by atoms with Crippen LogP contribution in [-0.2, 0) is 6.54 Å². The van der Waals surface area contributed by atoms with E-state index in [9.17, 15) is 4.39 Å². The number of ether oxygens (including phenoxy) is 2. The first-order valence-electron chi connectivity index (χ1n) is 6.63. The highest BCUT2D eigenvalue weighted by Crippen LogP contribution is 2.40. The van der Waals surface area contributed by atoms with Crippen molar-refractivity contribution < 1.29 is 13.9 Å². The molecule has 0 atom stereocenters. The van der Waals surface area contributed by atoms with Crippen LogP contribution in [0, 0.1) is 5.82 Å². The molecule has 0 amide bonds. The van der Waals surface area contributed by atoms with Crippen molar-refractivity contribution in [2.45, 2.75) is 26.2 Å². The lowest BCUT2D eigenvalue weighted by Gasteiger charge is -2.16. The van der Waals surface area contributed by atoms with Gasteiger partial charge in [-0.05, 0) is 30.3 Å². The lowest BCUT2D eigenvalue weighted by Crippen LogP contribution is -2.29. The standard InChI is InChI=1S/C16H15ClFNO2/c1-16(2)20-14-6-4-12(8-15(14)21-16)19-9-10-7-11(17)3-5-13(10)18/h3-8,19H,9H2,1-2H3. The molecule has 1 aliphatic heterocycles. The minimum Gasteiger partial charge on any atom is -0.449 e. The number of halogens is 2. The first-order chi connectivity index (χ1) is 9.93. The fourth-order valence-electron chi connectivity index (χ4n) is 2.21. The molecule has 3 nitrogen and oxygen atoms in total. The number of fused-ring (bicyclic) bond motifs is 1. The summed E-state index contributed by atoms with van der Waals surface area (Å²) >= 11 is 5.88. The molecule has 2 aromatic carbocycles. The highest BCUT2D eigenvalue weighted by atomic mass is 35.5. The zero-order valence-corrected chi connectivity index (χ0v) is 12.5. The predicted octanol–water partition coefficient (Wildman–Crippen LogP) is 4.60. The van der Waals surface area contributed by atoms with Crippen molar-refractivity contribution in [1.29, 1.82) is 0 Å². The van der Waals surface area contributed by atoms with Crippen LogP contribution < -0.4 is 14.8 Å². The van der Waals surface area contributed by atoms with Gasteiger partial charge in [0.2, 0.25) is 5.79 Å². The average molecular weight is 308 g/mol. The first-order valence-corrected chi connectivity index (χ1v) is 7.01. The Balaban J connectivity index is 1.74. The van der Waals surface area contributed by atoms with Crippen molar-refractivity contribution in [2.75, 3.05) is 5.32 Å². The zero-order valence-electron chi connectivity index (χ0n) is 11.7. The smallest absolute Gasteiger partial charge is 0.246 e. The van der Waals surface area contributed by atoms with Crippen molar-refractivity contribution in [3.63, 3.8) is 0 Å². The average Bonchev–Trinajstić information content (AvgIpc) is 2.72. The number of hydrogen-bond donors (Lipinski definition) is 1. The molecule has 1 N–H and O–H groups in total. The van der Waals surface area contributed by atoms with Gasteiger partial charge < -0.3 is 14.8 Å².